The van der Waals surface area contributed by atoms with Gasteiger partial charge < -0.3 is 0 Å². The first-order chi connectivity index (χ1) is 11.6. The number of allylic oxidation sites excluding steroid dienone is 2. The van der Waals surface area contributed by atoms with E-state index in [9.17, 15) is 8.78 Å². The zero-order valence-electron chi connectivity index (χ0n) is 14.5. The highest BCUT2D eigenvalue weighted by molar-refractivity contribution is 5.67. The highest BCUT2D eigenvalue weighted by atomic mass is 19.2. The van der Waals surface area contributed by atoms with Gasteiger partial charge in [0, 0.05) is 5.56 Å². The van der Waals surface area contributed by atoms with E-state index in [4.69, 9.17) is 6.42 Å². The van der Waals surface area contributed by atoms with Gasteiger partial charge in [0.1, 0.15) is 0 Å². The van der Waals surface area contributed by atoms with E-state index < -0.39 is 11.6 Å². The summed E-state index contributed by atoms with van der Waals surface area (Å²) in [6.07, 6.45) is 17.0. The van der Waals surface area contributed by atoms with E-state index in [1.807, 2.05) is 0 Å². The molecule has 0 radical (unpaired) electrons. The van der Waals surface area contributed by atoms with E-state index in [0.29, 0.717) is 11.5 Å². The van der Waals surface area contributed by atoms with Gasteiger partial charge in [-0.1, -0.05) is 44.2 Å². The van der Waals surface area contributed by atoms with Crippen molar-refractivity contribution in [2.75, 3.05) is 0 Å². The molecule has 3 rings (SSSR count). The highest BCUT2D eigenvalue weighted by Gasteiger charge is 2.29. The summed E-state index contributed by atoms with van der Waals surface area (Å²) in [5, 5.41) is 0. The van der Waals surface area contributed by atoms with Crippen molar-refractivity contribution in [1.82, 2.24) is 0 Å². The fourth-order valence-corrected chi connectivity index (χ4v) is 4.50. The third-order valence-electron chi connectivity index (χ3n) is 6.17. The van der Waals surface area contributed by atoms with E-state index >= 15 is 0 Å². The lowest BCUT2D eigenvalue weighted by atomic mass is 9.70. The number of hydrogen-bond donors (Lipinski definition) is 0. The summed E-state index contributed by atoms with van der Waals surface area (Å²) in [5.74, 6) is 2.95. The Labute approximate surface area is 144 Å². The minimum Gasteiger partial charge on any atom is -0.203 e. The molecule has 0 aliphatic heterocycles. The summed E-state index contributed by atoms with van der Waals surface area (Å²) in [7, 11) is 0. The van der Waals surface area contributed by atoms with Crippen molar-refractivity contribution >= 4 is 5.57 Å². The second-order valence-corrected chi connectivity index (χ2v) is 7.39. The number of rotatable bonds is 3. The molecule has 24 heavy (non-hydrogen) atoms. The molecule has 0 aromatic heterocycles. The van der Waals surface area contributed by atoms with Gasteiger partial charge in [-0.2, -0.15) is 0 Å². The smallest absolute Gasteiger partial charge is 0.175 e. The number of terminal acetylenes is 1. The Bertz CT molecular complexity index is 657. The highest BCUT2D eigenvalue weighted by Crippen LogP contribution is 2.42. The van der Waals surface area contributed by atoms with Crippen LogP contribution >= 0.6 is 0 Å². The molecule has 0 spiro atoms. The van der Waals surface area contributed by atoms with Crippen molar-refractivity contribution in [3.05, 3.63) is 41.0 Å². The predicted octanol–water partition coefficient (Wildman–Crippen LogP) is 6.35. The Morgan fingerprint density at radius 2 is 1.79 bits per heavy atom. The molecule has 0 saturated heterocycles. The van der Waals surface area contributed by atoms with Crippen molar-refractivity contribution in [3.63, 3.8) is 0 Å². The SMILES string of the molecule is C#Cc1ccc(C2=CCC(C3CCC(CC)CC3)CC2)c(F)c1F. The van der Waals surface area contributed by atoms with Crippen LogP contribution in [0.3, 0.4) is 0 Å². The first kappa shape index (κ1) is 17.2. The fraction of sp³-hybridized carbons (Fsp3) is 0.545. The van der Waals surface area contributed by atoms with Gasteiger partial charge in [-0.25, -0.2) is 8.78 Å². The van der Waals surface area contributed by atoms with E-state index in [0.717, 1.165) is 36.7 Å². The molecule has 1 unspecified atom stereocenters. The summed E-state index contributed by atoms with van der Waals surface area (Å²) in [4.78, 5) is 0. The first-order valence-electron chi connectivity index (χ1n) is 9.28. The van der Waals surface area contributed by atoms with Crippen molar-refractivity contribution in [3.8, 4) is 12.3 Å². The maximum absolute atomic E-state index is 14.3. The second-order valence-electron chi connectivity index (χ2n) is 7.39. The van der Waals surface area contributed by atoms with Gasteiger partial charge in [-0.3, -0.25) is 0 Å². The van der Waals surface area contributed by atoms with Crippen LogP contribution in [0.2, 0.25) is 0 Å². The lowest BCUT2D eigenvalue weighted by molar-refractivity contribution is 0.192. The molecule has 1 saturated carbocycles. The third kappa shape index (κ3) is 3.41. The second kappa shape index (κ2) is 7.51. The van der Waals surface area contributed by atoms with Crippen molar-refractivity contribution < 1.29 is 8.78 Å². The van der Waals surface area contributed by atoms with Crippen molar-refractivity contribution in [1.29, 1.82) is 0 Å². The summed E-state index contributed by atoms with van der Waals surface area (Å²) in [5.41, 5.74) is 1.33. The maximum atomic E-state index is 14.3. The molecular weight excluding hydrogens is 302 g/mol. The van der Waals surface area contributed by atoms with Crippen molar-refractivity contribution in [2.24, 2.45) is 17.8 Å². The van der Waals surface area contributed by atoms with Gasteiger partial charge in [0.2, 0.25) is 0 Å². The Balaban J connectivity index is 1.68. The van der Waals surface area contributed by atoms with E-state index in [1.54, 1.807) is 6.07 Å². The van der Waals surface area contributed by atoms with Gasteiger partial charge in [-0.15, -0.1) is 6.42 Å². The minimum atomic E-state index is -0.893. The monoisotopic (exact) mass is 328 g/mol. The molecule has 2 aliphatic rings. The topological polar surface area (TPSA) is 0 Å². The molecule has 2 heteroatoms. The number of hydrogen-bond acceptors (Lipinski definition) is 0. The molecule has 0 amide bonds. The van der Waals surface area contributed by atoms with Crippen LogP contribution in [0.25, 0.3) is 5.57 Å². The number of benzene rings is 1. The average Bonchev–Trinajstić information content (AvgIpc) is 2.64. The molecule has 1 aromatic rings. The molecule has 0 bridgehead atoms. The summed E-state index contributed by atoms with van der Waals surface area (Å²) >= 11 is 0. The van der Waals surface area contributed by atoms with Crippen molar-refractivity contribution in [2.45, 2.75) is 58.3 Å². The van der Waals surface area contributed by atoms with Gasteiger partial charge in [0.05, 0.1) is 5.56 Å². The molecule has 1 fully saturated rings. The quantitative estimate of drug-likeness (QED) is 0.567. The lowest BCUT2D eigenvalue weighted by Gasteiger charge is -2.35. The first-order valence-corrected chi connectivity index (χ1v) is 9.28. The average molecular weight is 328 g/mol. The van der Waals surface area contributed by atoms with Crippen LogP contribution in [-0.4, -0.2) is 0 Å². The van der Waals surface area contributed by atoms with Crippen LogP contribution < -0.4 is 0 Å². The minimum absolute atomic E-state index is 0.00165. The maximum Gasteiger partial charge on any atom is 0.175 e. The van der Waals surface area contributed by atoms with Gasteiger partial charge >= 0.3 is 0 Å². The zero-order valence-corrected chi connectivity index (χ0v) is 14.5. The zero-order chi connectivity index (χ0) is 17.1. The molecule has 128 valence electrons. The molecule has 1 aromatic carbocycles. The molecule has 0 nitrogen and oxygen atoms in total. The fourth-order valence-electron chi connectivity index (χ4n) is 4.50. The third-order valence-corrected chi connectivity index (χ3v) is 6.17. The normalized spacial score (nSPS) is 27.4. The Hall–Kier alpha value is -1.62. The Kier molecular flexibility index (Phi) is 5.39. The van der Waals surface area contributed by atoms with Gasteiger partial charge in [0.25, 0.3) is 0 Å². The van der Waals surface area contributed by atoms with Crippen LogP contribution in [0.15, 0.2) is 18.2 Å². The van der Waals surface area contributed by atoms with Crippen LogP contribution in [0.4, 0.5) is 8.78 Å². The van der Waals surface area contributed by atoms with E-state index in [-0.39, 0.29) is 5.56 Å². The van der Waals surface area contributed by atoms with Crippen LogP contribution in [0, 0.1) is 41.7 Å². The van der Waals surface area contributed by atoms with Gasteiger partial charge in [-0.05, 0) is 61.5 Å². The van der Waals surface area contributed by atoms with E-state index in [1.165, 1.54) is 38.2 Å². The summed E-state index contributed by atoms with van der Waals surface area (Å²) in [6, 6.07) is 3.14. The van der Waals surface area contributed by atoms with Crippen LogP contribution in [0.1, 0.15) is 69.4 Å². The van der Waals surface area contributed by atoms with Crippen LogP contribution in [0.5, 0.6) is 0 Å². The lowest BCUT2D eigenvalue weighted by Crippen LogP contribution is -2.23. The predicted molar refractivity (Wildman–Crippen MR) is 95.4 cm³/mol. The number of halogens is 2. The summed E-state index contributed by atoms with van der Waals surface area (Å²) in [6.45, 7) is 2.29. The molecule has 0 N–H and O–H groups in total. The molecule has 0 heterocycles. The summed E-state index contributed by atoms with van der Waals surface area (Å²) < 4.78 is 28.2. The standard InChI is InChI=1S/C22H26F2/c1-3-15-5-7-17(8-6-15)18-9-11-19(12-10-18)20-14-13-16(4-2)21(23)22(20)24/h2,11,13-15,17-18H,3,5-10,12H2,1H3. The Morgan fingerprint density at radius 3 is 2.38 bits per heavy atom. The molecular formula is C22H26F2. The molecule has 2 aliphatic carbocycles. The Morgan fingerprint density at radius 1 is 1.04 bits per heavy atom. The van der Waals surface area contributed by atoms with E-state index in [2.05, 4.69) is 18.9 Å². The van der Waals surface area contributed by atoms with Crippen LogP contribution in [-0.2, 0) is 0 Å². The largest absolute Gasteiger partial charge is 0.203 e. The molecule has 1 atom stereocenters. The van der Waals surface area contributed by atoms with Gasteiger partial charge in [0.15, 0.2) is 11.6 Å².